The lowest BCUT2D eigenvalue weighted by molar-refractivity contribution is -0.156. The lowest BCUT2D eigenvalue weighted by atomic mass is 10.1. The molecule has 0 radical (unpaired) electrons. The van der Waals surface area contributed by atoms with Crippen LogP contribution < -0.4 is 5.73 Å². The molecule has 0 aliphatic carbocycles. The fraction of sp³-hybridized carbons (Fsp3) is 0.462. The van der Waals surface area contributed by atoms with Gasteiger partial charge in [-0.3, -0.25) is 4.79 Å². The number of ether oxygens (including phenoxy) is 1. The van der Waals surface area contributed by atoms with Gasteiger partial charge in [-0.2, -0.15) is 0 Å². The topological polar surface area (TPSA) is 52.3 Å². The average Bonchev–Trinajstić information content (AvgIpc) is 2.21. The number of benzene rings is 1. The molecule has 0 spiro atoms. The van der Waals surface area contributed by atoms with Crippen molar-refractivity contribution in [2.24, 2.45) is 5.73 Å². The van der Waals surface area contributed by atoms with Gasteiger partial charge in [0.15, 0.2) is 0 Å². The number of carbonyl (C=O) groups is 1. The first-order valence-electron chi connectivity index (χ1n) is 5.61. The number of carbonyl (C=O) groups excluding carboxylic acids is 1. The molecule has 0 amide bonds. The summed E-state index contributed by atoms with van der Waals surface area (Å²) < 4.78 is 18.8. The van der Waals surface area contributed by atoms with E-state index in [1.165, 1.54) is 6.07 Å². The molecule has 0 fully saturated rings. The van der Waals surface area contributed by atoms with Crippen molar-refractivity contribution in [1.82, 2.24) is 0 Å². The summed E-state index contributed by atoms with van der Waals surface area (Å²) in [7, 11) is 0. The maximum atomic E-state index is 13.3. The molecule has 0 heterocycles. The van der Waals surface area contributed by atoms with Crippen LogP contribution in [0.25, 0.3) is 0 Å². The lowest BCUT2D eigenvalue weighted by Crippen LogP contribution is -2.38. The molecule has 0 aliphatic heterocycles. The second-order valence-corrected chi connectivity index (χ2v) is 5.95. The summed E-state index contributed by atoms with van der Waals surface area (Å²) in [6.45, 7) is 5.32. The quantitative estimate of drug-likeness (QED) is 0.872. The molecule has 1 aromatic carbocycles. The van der Waals surface area contributed by atoms with Gasteiger partial charge in [0.25, 0.3) is 0 Å². The standard InChI is InChI=1S/C13H17BrFNO2/c1-13(2,3)18-12(17)11(16)7-8-4-5-9(14)10(15)6-8/h4-6,11H,7,16H2,1-3H3/t11-/m0/s1. The van der Waals surface area contributed by atoms with E-state index in [0.29, 0.717) is 10.0 Å². The molecule has 0 aliphatic rings. The van der Waals surface area contributed by atoms with Crippen molar-refractivity contribution in [3.05, 3.63) is 34.1 Å². The first-order valence-corrected chi connectivity index (χ1v) is 6.41. The van der Waals surface area contributed by atoms with Crippen LogP contribution in [0.1, 0.15) is 26.3 Å². The molecule has 2 N–H and O–H groups in total. The van der Waals surface area contributed by atoms with E-state index in [4.69, 9.17) is 10.5 Å². The largest absolute Gasteiger partial charge is 0.459 e. The van der Waals surface area contributed by atoms with Crippen LogP contribution in [0.15, 0.2) is 22.7 Å². The molecule has 1 atom stereocenters. The Morgan fingerprint density at radius 3 is 2.61 bits per heavy atom. The van der Waals surface area contributed by atoms with E-state index in [2.05, 4.69) is 15.9 Å². The van der Waals surface area contributed by atoms with Gasteiger partial charge in [0.05, 0.1) is 4.47 Å². The van der Waals surface area contributed by atoms with Gasteiger partial charge in [0.1, 0.15) is 17.5 Å². The van der Waals surface area contributed by atoms with Crippen molar-refractivity contribution >= 4 is 21.9 Å². The molecule has 0 saturated heterocycles. The van der Waals surface area contributed by atoms with Crippen LogP contribution in [0.3, 0.4) is 0 Å². The highest BCUT2D eigenvalue weighted by molar-refractivity contribution is 9.10. The van der Waals surface area contributed by atoms with Crippen LogP contribution in [0.2, 0.25) is 0 Å². The summed E-state index contributed by atoms with van der Waals surface area (Å²) in [6.07, 6.45) is 0.249. The maximum Gasteiger partial charge on any atom is 0.323 e. The normalized spacial score (nSPS) is 13.2. The van der Waals surface area contributed by atoms with Crippen LogP contribution >= 0.6 is 15.9 Å². The second-order valence-electron chi connectivity index (χ2n) is 5.09. The summed E-state index contributed by atoms with van der Waals surface area (Å²) in [4.78, 5) is 11.7. The molecular weight excluding hydrogens is 301 g/mol. The summed E-state index contributed by atoms with van der Waals surface area (Å²) in [5.41, 5.74) is 5.83. The van der Waals surface area contributed by atoms with E-state index in [1.54, 1.807) is 32.9 Å². The highest BCUT2D eigenvalue weighted by atomic mass is 79.9. The molecule has 3 nitrogen and oxygen atoms in total. The number of esters is 1. The van der Waals surface area contributed by atoms with E-state index >= 15 is 0 Å². The van der Waals surface area contributed by atoms with E-state index in [-0.39, 0.29) is 12.2 Å². The third-order valence-electron chi connectivity index (χ3n) is 2.15. The first-order chi connectivity index (χ1) is 8.19. The Morgan fingerprint density at radius 2 is 2.11 bits per heavy atom. The fourth-order valence-electron chi connectivity index (χ4n) is 1.38. The van der Waals surface area contributed by atoms with Crippen LogP contribution in [0, 0.1) is 5.82 Å². The Bertz CT molecular complexity index is 443. The van der Waals surface area contributed by atoms with Gasteiger partial charge >= 0.3 is 5.97 Å². The zero-order valence-corrected chi connectivity index (χ0v) is 12.3. The fourth-order valence-corrected chi connectivity index (χ4v) is 1.63. The SMILES string of the molecule is CC(C)(C)OC(=O)[C@@H](N)Cc1ccc(Br)c(F)c1. The zero-order valence-electron chi connectivity index (χ0n) is 10.7. The Hall–Kier alpha value is -0.940. The highest BCUT2D eigenvalue weighted by Gasteiger charge is 2.22. The number of nitrogens with two attached hydrogens (primary N) is 1. The maximum absolute atomic E-state index is 13.3. The molecule has 0 bridgehead atoms. The summed E-state index contributed by atoms with van der Waals surface area (Å²) in [5.74, 6) is -0.852. The minimum atomic E-state index is -0.787. The van der Waals surface area contributed by atoms with E-state index in [1.807, 2.05) is 0 Å². The zero-order chi connectivity index (χ0) is 13.9. The highest BCUT2D eigenvalue weighted by Crippen LogP contribution is 2.17. The summed E-state index contributed by atoms with van der Waals surface area (Å²) >= 11 is 3.07. The Kier molecular flexibility index (Phi) is 4.87. The number of hydrogen-bond acceptors (Lipinski definition) is 3. The van der Waals surface area contributed by atoms with Crippen LogP contribution in [-0.4, -0.2) is 17.6 Å². The number of rotatable bonds is 3. The average molecular weight is 318 g/mol. The van der Waals surface area contributed by atoms with Crippen molar-refractivity contribution in [1.29, 1.82) is 0 Å². The van der Waals surface area contributed by atoms with Gasteiger partial charge in [0, 0.05) is 0 Å². The van der Waals surface area contributed by atoms with Crippen molar-refractivity contribution in [3.63, 3.8) is 0 Å². The monoisotopic (exact) mass is 317 g/mol. The summed E-state index contributed by atoms with van der Waals surface area (Å²) in [5, 5.41) is 0. The second kappa shape index (κ2) is 5.80. The van der Waals surface area contributed by atoms with Crippen molar-refractivity contribution in [3.8, 4) is 0 Å². The minimum Gasteiger partial charge on any atom is -0.459 e. The van der Waals surface area contributed by atoms with Crippen molar-refractivity contribution < 1.29 is 13.9 Å². The molecule has 0 unspecified atom stereocenters. The Labute approximate surface area is 115 Å². The van der Waals surface area contributed by atoms with Gasteiger partial charge in [-0.05, 0) is 60.8 Å². The van der Waals surface area contributed by atoms with Gasteiger partial charge in [-0.25, -0.2) is 4.39 Å². The third kappa shape index (κ3) is 4.74. The van der Waals surface area contributed by atoms with E-state index in [0.717, 1.165) is 0 Å². The summed E-state index contributed by atoms with van der Waals surface area (Å²) in [6, 6.07) is 3.88. The van der Waals surface area contributed by atoms with Crippen molar-refractivity contribution in [2.75, 3.05) is 0 Å². The number of hydrogen-bond donors (Lipinski definition) is 1. The van der Waals surface area contributed by atoms with E-state index in [9.17, 15) is 9.18 Å². The number of halogens is 2. The molecule has 0 aromatic heterocycles. The smallest absolute Gasteiger partial charge is 0.323 e. The van der Waals surface area contributed by atoms with Crippen LogP contribution in [-0.2, 0) is 16.0 Å². The predicted molar refractivity (Wildman–Crippen MR) is 71.6 cm³/mol. The van der Waals surface area contributed by atoms with E-state index < -0.39 is 17.6 Å². The van der Waals surface area contributed by atoms with Gasteiger partial charge < -0.3 is 10.5 Å². The Balaban J connectivity index is 2.66. The molecule has 1 aromatic rings. The molecule has 5 heteroatoms. The molecular formula is C13H17BrFNO2. The van der Waals surface area contributed by atoms with Gasteiger partial charge in [-0.15, -0.1) is 0 Å². The first kappa shape index (κ1) is 15.1. The predicted octanol–water partition coefficient (Wildman–Crippen LogP) is 2.80. The molecule has 0 saturated carbocycles. The third-order valence-corrected chi connectivity index (χ3v) is 2.79. The molecule has 100 valence electrons. The lowest BCUT2D eigenvalue weighted by Gasteiger charge is -2.22. The molecule has 18 heavy (non-hydrogen) atoms. The van der Waals surface area contributed by atoms with Crippen molar-refractivity contribution in [2.45, 2.75) is 38.8 Å². The minimum absolute atomic E-state index is 0.249. The van der Waals surface area contributed by atoms with Gasteiger partial charge in [-0.1, -0.05) is 6.07 Å². The Morgan fingerprint density at radius 1 is 1.50 bits per heavy atom. The molecule has 1 rings (SSSR count). The van der Waals surface area contributed by atoms with Crippen LogP contribution in [0.4, 0.5) is 4.39 Å². The van der Waals surface area contributed by atoms with Crippen LogP contribution in [0.5, 0.6) is 0 Å². The van der Waals surface area contributed by atoms with Gasteiger partial charge in [0.2, 0.25) is 0 Å².